The zero-order valence-corrected chi connectivity index (χ0v) is 17.8. The van der Waals surface area contributed by atoms with Crippen LogP contribution in [0.25, 0.3) is 0 Å². The smallest absolute Gasteiger partial charge is 0.340 e. The molecule has 0 saturated carbocycles. The number of methoxy groups -OCH3 is 2. The Morgan fingerprint density at radius 2 is 1.97 bits per heavy atom. The molecule has 3 heterocycles. The first-order valence-electron chi connectivity index (χ1n) is 9.75. The van der Waals surface area contributed by atoms with Crippen LogP contribution >= 0.6 is 11.3 Å². The minimum absolute atomic E-state index is 0.00440. The van der Waals surface area contributed by atoms with E-state index in [1.54, 1.807) is 23.5 Å². The van der Waals surface area contributed by atoms with Crippen molar-refractivity contribution in [3.63, 3.8) is 0 Å². The number of fused-ring (bicyclic) bond motifs is 3. The van der Waals surface area contributed by atoms with Crippen molar-refractivity contribution in [1.82, 2.24) is 5.01 Å². The molecule has 2 aliphatic heterocycles. The second-order valence-corrected chi connectivity index (χ2v) is 8.15. The van der Waals surface area contributed by atoms with Crippen LogP contribution in [0.4, 0.5) is 0 Å². The summed E-state index contributed by atoms with van der Waals surface area (Å²) in [5, 5.41) is 18.8. The van der Waals surface area contributed by atoms with E-state index in [-0.39, 0.29) is 17.4 Å². The third kappa shape index (κ3) is 3.11. The van der Waals surface area contributed by atoms with Crippen LogP contribution in [0.15, 0.2) is 59.0 Å². The van der Waals surface area contributed by atoms with Crippen molar-refractivity contribution in [3.05, 3.63) is 75.5 Å². The number of hydrogen-bond acceptors (Lipinski definition) is 7. The predicted molar refractivity (Wildman–Crippen MR) is 116 cm³/mol. The Labute approximate surface area is 183 Å². The van der Waals surface area contributed by atoms with E-state index in [1.807, 2.05) is 46.8 Å². The van der Waals surface area contributed by atoms with E-state index in [0.717, 1.165) is 21.9 Å². The van der Waals surface area contributed by atoms with Gasteiger partial charge in [0.25, 0.3) is 0 Å². The van der Waals surface area contributed by atoms with Gasteiger partial charge in [0.15, 0.2) is 11.5 Å². The lowest BCUT2D eigenvalue weighted by atomic mass is 9.96. The van der Waals surface area contributed by atoms with Crippen LogP contribution in [0.5, 0.6) is 17.2 Å². The maximum absolute atomic E-state index is 12.3. The molecule has 1 N–H and O–H groups in total. The Balaban J connectivity index is 1.68. The molecule has 5 rings (SSSR count). The molecule has 3 aromatic rings. The topological polar surface area (TPSA) is 80.6 Å². The molecule has 0 aliphatic carbocycles. The molecule has 0 fully saturated rings. The van der Waals surface area contributed by atoms with Crippen molar-refractivity contribution >= 4 is 23.0 Å². The summed E-state index contributed by atoms with van der Waals surface area (Å²) in [6.45, 7) is 0. The molecule has 7 nitrogen and oxygen atoms in total. The van der Waals surface area contributed by atoms with Crippen LogP contribution in [0, 0.1) is 0 Å². The number of carbonyl (C=O) groups is 1. The number of nitrogens with zero attached hydrogens (tertiary/aromatic N) is 2. The van der Waals surface area contributed by atoms with E-state index in [9.17, 15) is 9.90 Å². The predicted octanol–water partition coefficient (Wildman–Crippen LogP) is 4.71. The number of para-hydroxylation sites is 1. The van der Waals surface area contributed by atoms with Gasteiger partial charge >= 0.3 is 5.97 Å². The van der Waals surface area contributed by atoms with E-state index >= 15 is 0 Å². The number of carboxylic acid groups (broad SMARTS) is 1. The molecule has 1 aromatic heterocycles. The van der Waals surface area contributed by atoms with Gasteiger partial charge in [-0.2, -0.15) is 5.10 Å². The van der Waals surface area contributed by atoms with Gasteiger partial charge < -0.3 is 19.3 Å². The number of aromatic carboxylic acids is 1. The lowest BCUT2D eigenvalue weighted by Crippen LogP contribution is -2.34. The van der Waals surface area contributed by atoms with Crippen LogP contribution in [-0.2, 0) is 0 Å². The molecule has 0 bridgehead atoms. The minimum atomic E-state index is -1.12. The number of carboxylic acids is 1. The van der Waals surface area contributed by atoms with Gasteiger partial charge in [0, 0.05) is 17.5 Å². The normalized spacial score (nSPS) is 19.2. The molecule has 31 heavy (non-hydrogen) atoms. The second kappa shape index (κ2) is 7.63. The van der Waals surface area contributed by atoms with Crippen molar-refractivity contribution in [2.24, 2.45) is 5.10 Å². The van der Waals surface area contributed by atoms with Crippen LogP contribution in [-0.4, -0.2) is 36.0 Å². The van der Waals surface area contributed by atoms with Gasteiger partial charge in [-0.05, 0) is 29.6 Å². The number of ether oxygens (including phenoxy) is 3. The second-order valence-electron chi connectivity index (χ2n) is 7.20. The fourth-order valence-electron chi connectivity index (χ4n) is 4.20. The van der Waals surface area contributed by atoms with Crippen LogP contribution in [0.3, 0.4) is 0 Å². The third-order valence-electron chi connectivity index (χ3n) is 5.56. The Kier molecular flexibility index (Phi) is 4.78. The number of benzene rings is 2. The molecule has 0 radical (unpaired) electrons. The highest BCUT2D eigenvalue weighted by molar-refractivity contribution is 7.12. The lowest BCUT2D eigenvalue weighted by molar-refractivity contribution is -0.0199. The zero-order chi connectivity index (χ0) is 21.5. The summed E-state index contributed by atoms with van der Waals surface area (Å²) < 4.78 is 17.0. The first kappa shape index (κ1) is 19.4. The molecular formula is C23H20N2O5S. The third-order valence-corrected chi connectivity index (χ3v) is 6.48. The van der Waals surface area contributed by atoms with Gasteiger partial charge in [0.05, 0.1) is 30.9 Å². The van der Waals surface area contributed by atoms with E-state index in [2.05, 4.69) is 0 Å². The summed E-state index contributed by atoms with van der Waals surface area (Å²) in [6, 6.07) is 15.2. The average Bonchev–Trinajstić information content (AvgIpc) is 3.47. The Bertz CT molecular complexity index is 1170. The van der Waals surface area contributed by atoms with Crippen molar-refractivity contribution in [2.75, 3.05) is 14.2 Å². The molecule has 0 spiro atoms. The molecular weight excluding hydrogens is 416 g/mol. The maximum atomic E-state index is 12.3. The molecule has 2 aliphatic rings. The summed E-state index contributed by atoms with van der Waals surface area (Å²) in [7, 11) is 2.90. The zero-order valence-electron chi connectivity index (χ0n) is 16.9. The average molecular weight is 436 g/mol. The minimum Gasteiger partial charge on any atom is -0.493 e. The van der Waals surface area contributed by atoms with Crippen molar-refractivity contribution in [1.29, 1.82) is 0 Å². The highest BCUT2D eigenvalue weighted by Gasteiger charge is 2.43. The summed E-state index contributed by atoms with van der Waals surface area (Å²) in [5.41, 5.74) is 2.46. The van der Waals surface area contributed by atoms with E-state index < -0.39 is 12.2 Å². The maximum Gasteiger partial charge on any atom is 0.340 e. The van der Waals surface area contributed by atoms with Gasteiger partial charge in [0.1, 0.15) is 11.3 Å². The summed E-state index contributed by atoms with van der Waals surface area (Å²) >= 11 is 1.63. The first-order valence-corrected chi connectivity index (χ1v) is 10.6. The molecule has 8 heteroatoms. The summed E-state index contributed by atoms with van der Waals surface area (Å²) in [6.07, 6.45) is -0.00384. The number of hydrogen-bond donors (Lipinski definition) is 1. The molecule has 2 unspecified atom stereocenters. The Morgan fingerprint density at radius 1 is 1.13 bits per heavy atom. The monoisotopic (exact) mass is 436 g/mol. The Hall–Kier alpha value is -3.52. The molecule has 0 amide bonds. The largest absolute Gasteiger partial charge is 0.493 e. The SMILES string of the molecule is COc1ccc(C2Oc3ccccc3C3CC(c4cccs4)=NN32)c(C(=O)O)c1OC. The Morgan fingerprint density at radius 3 is 2.68 bits per heavy atom. The van der Waals surface area contributed by atoms with Gasteiger partial charge in [-0.25, -0.2) is 9.80 Å². The van der Waals surface area contributed by atoms with E-state index in [4.69, 9.17) is 19.3 Å². The number of rotatable bonds is 5. The fourth-order valence-corrected chi connectivity index (χ4v) is 4.92. The molecule has 2 aromatic carbocycles. The van der Waals surface area contributed by atoms with Crippen LogP contribution in [0.2, 0.25) is 0 Å². The molecule has 2 atom stereocenters. The van der Waals surface area contributed by atoms with Crippen molar-refractivity contribution < 1.29 is 24.1 Å². The molecule has 0 saturated heterocycles. The number of hydrazone groups is 1. The summed E-state index contributed by atoms with van der Waals surface area (Å²) in [5.74, 6) is 0.114. The summed E-state index contributed by atoms with van der Waals surface area (Å²) in [4.78, 5) is 13.4. The molecule has 158 valence electrons. The van der Waals surface area contributed by atoms with Crippen LogP contribution < -0.4 is 14.2 Å². The van der Waals surface area contributed by atoms with Gasteiger partial charge in [-0.1, -0.05) is 24.3 Å². The fraction of sp³-hybridized carbons (Fsp3) is 0.217. The lowest BCUT2D eigenvalue weighted by Gasteiger charge is -2.38. The van der Waals surface area contributed by atoms with Gasteiger partial charge in [0.2, 0.25) is 6.23 Å². The highest BCUT2D eigenvalue weighted by atomic mass is 32.1. The van der Waals surface area contributed by atoms with Crippen molar-refractivity contribution in [2.45, 2.75) is 18.7 Å². The van der Waals surface area contributed by atoms with Gasteiger partial charge in [-0.15, -0.1) is 11.3 Å². The highest BCUT2D eigenvalue weighted by Crippen LogP contribution is 2.49. The van der Waals surface area contributed by atoms with Gasteiger partial charge in [-0.3, -0.25) is 0 Å². The standard InChI is InChI=1S/C23H20N2O5S/c1-28-18-10-9-14(20(23(26)27)21(18)29-2)22-25-16(13-6-3-4-7-17(13)30-22)12-15(24-25)19-8-5-11-31-19/h3-11,16,22H,12H2,1-2H3,(H,26,27). The van der Waals surface area contributed by atoms with E-state index in [0.29, 0.717) is 17.7 Å². The number of thiophene rings is 1. The first-order chi connectivity index (χ1) is 15.1. The van der Waals surface area contributed by atoms with Crippen LogP contribution in [0.1, 0.15) is 45.1 Å². The quantitative estimate of drug-likeness (QED) is 0.624. The van der Waals surface area contributed by atoms with Crippen molar-refractivity contribution in [3.8, 4) is 17.2 Å². The van der Waals surface area contributed by atoms with E-state index in [1.165, 1.54) is 14.2 Å².